The molecule has 4 atom stereocenters. The van der Waals surface area contributed by atoms with E-state index in [0.29, 0.717) is 18.0 Å². The van der Waals surface area contributed by atoms with E-state index in [1.54, 1.807) is 0 Å². The van der Waals surface area contributed by atoms with E-state index in [4.69, 9.17) is 4.74 Å². The number of piperidine rings is 1. The molecule has 2 rings (SSSR count). The summed E-state index contributed by atoms with van der Waals surface area (Å²) in [5.41, 5.74) is 0. The molecule has 2 saturated heterocycles. The van der Waals surface area contributed by atoms with Crippen molar-refractivity contribution in [1.82, 2.24) is 5.32 Å². The van der Waals surface area contributed by atoms with Crippen LogP contribution in [-0.4, -0.2) is 36.5 Å². The lowest BCUT2D eigenvalue weighted by Gasteiger charge is -2.39. The van der Waals surface area contributed by atoms with Crippen LogP contribution in [-0.2, 0) is 4.74 Å². The molecule has 0 radical (unpaired) electrons. The van der Waals surface area contributed by atoms with Crippen molar-refractivity contribution in [3.05, 3.63) is 0 Å². The Morgan fingerprint density at radius 2 is 2.14 bits per heavy atom. The number of aliphatic hydroxyl groups is 1. The van der Waals surface area contributed by atoms with Gasteiger partial charge >= 0.3 is 0 Å². The van der Waals surface area contributed by atoms with Crippen LogP contribution in [0.3, 0.4) is 0 Å². The standard InChI is InChI=1S/C11H21NO2/c1-8-3-2-4-10(12-8)9-7-14-6-5-11(9)13/h8-13H,2-7H2,1H3. The van der Waals surface area contributed by atoms with Gasteiger partial charge in [0.2, 0.25) is 0 Å². The van der Waals surface area contributed by atoms with Gasteiger partial charge in [-0.15, -0.1) is 0 Å². The second kappa shape index (κ2) is 4.60. The van der Waals surface area contributed by atoms with Crippen LogP contribution in [0, 0.1) is 5.92 Å². The predicted octanol–water partition coefficient (Wildman–Crippen LogP) is 0.914. The first-order valence-electron chi connectivity index (χ1n) is 5.79. The number of ether oxygens (including phenoxy) is 1. The Morgan fingerprint density at radius 3 is 2.86 bits per heavy atom. The van der Waals surface area contributed by atoms with E-state index in [2.05, 4.69) is 12.2 Å². The molecule has 0 saturated carbocycles. The maximum atomic E-state index is 9.89. The summed E-state index contributed by atoms with van der Waals surface area (Å²) in [6.07, 6.45) is 4.38. The minimum atomic E-state index is -0.161. The van der Waals surface area contributed by atoms with Crippen LogP contribution in [0.15, 0.2) is 0 Å². The van der Waals surface area contributed by atoms with Crippen LogP contribution in [0.25, 0.3) is 0 Å². The predicted molar refractivity (Wildman–Crippen MR) is 55.2 cm³/mol. The van der Waals surface area contributed by atoms with Gasteiger partial charge in [0.25, 0.3) is 0 Å². The van der Waals surface area contributed by atoms with Crippen molar-refractivity contribution in [3.8, 4) is 0 Å². The molecular weight excluding hydrogens is 178 g/mol. The maximum Gasteiger partial charge on any atom is 0.0627 e. The first kappa shape index (κ1) is 10.4. The molecule has 0 spiro atoms. The molecule has 2 aliphatic rings. The average molecular weight is 199 g/mol. The van der Waals surface area contributed by atoms with E-state index < -0.39 is 0 Å². The van der Waals surface area contributed by atoms with Crippen LogP contribution < -0.4 is 5.32 Å². The molecule has 0 amide bonds. The van der Waals surface area contributed by atoms with Gasteiger partial charge in [0, 0.05) is 24.6 Å². The van der Waals surface area contributed by atoms with Gasteiger partial charge < -0.3 is 15.2 Å². The fourth-order valence-corrected chi connectivity index (χ4v) is 2.65. The SMILES string of the molecule is CC1CCCC(C2COCCC2O)N1. The lowest BCUT2D eigenvalue weighted by molar-refractivity contribution is -0.0537. The normalized spacial score (nSPS) is 45.0. The summed E-state index contributed by atoms with van der Waals surface area (Å²) in [5, 5.41) is 13.5. The van der Waals surface area contributed by atoms with Crippen LogP contribution in [0.4, 0.5) is 0 Å². The second-order valence-electron chi connectivity index (χ2n) is 4.70. The smallest absolute Gasteiger partial charge is 0.0627 e. The van der Waals surface area contributed by atoms with Gasteiger partial charge in [0.15, 0.2) is 0 Å². The molecule has 4 unspecified atom stereocenters. The number of rotatable bonds is 1. The minimum Gasteiger partial charge on any atom is -0.393 e. The van der Waals surface area contributed by atoms with Crippen LogP contribution in [0.1, 0.15) is 32.6 Å². The van der Waals surface area contributed by atoms with Crippen molar-refractivity contribution in [3.63, 3.8) is 0 Å². The lowest BCUT2D eigenvalue weighted by Crippen LogP contribution is -2.51. The van der Waals surface area contributed by atoms with E-state index in [1.165, 1.54) is 19.3 Å². The molecule has 2 aliphatic heterocycles. The summed E-state index contributed by atoms with van der Waals surface area (Å²) in [5.74, 6) is 0.312. The first-order chi connectivity index (χ1) is 6.77. The lowest BCUT2D eigenvalue weighted by atomic mass is 9.85. The van der Waals surface area contributed by atoms with Crippen molar-refractivity contribution in [2.45, 2.75) is 50.8 Å². The summed E-state index contributed by atoms with van der Waals surface area (Å²) < 4.78 is 5.44. The van der Waals surface area contributed by atoms with Crippen molar-refractivity contribution in [2.75, 3.05) is 13.2 Å². The third-order valence-electron chi connectivity index (χ3n) is 3.53. The number of hydrogen-bond donors (Lipinski definition) is 2. The minimum absolute atomic E-state index is 0.161. The molecule has 82 valence electrons. The molecule has 0 aliphatic carbocycles. The topological polar surface area (TPSA) is 41.5 Å². The molecule has 14 heavy (non-hydrogen) atoms. The summed E-state index contributed by atoms with van der Waals surface area (Å²) in [6.45, 7) is 3.67. The highest BCUT2D eigenvalue weighted by Gasteiger charge is 2.33. The molecule has 3 heteroatoms. The highest BCUT2D eigenvalue weighted by Crippen LogP contribution is 2.25. The molecule has 0 aromatic rings. The Labute approximate surface area is 85.8 Å². The number of hydrogen-bond acceptors (Lipinski definition) is 3. The van der Waals surface area contributed by atoms with Crippen molar-refractivity contribution in [2.24, 2.45) is 5.92 Å². The highest BCUT2D eigenvalue weighted by atomic mass is 16.5. The third kappa shape index (κ3) is 2.27. The average Bonchev–Trinajstić information content (AvgIpc) is 2.18. The molecule has 0 aromatic heterocycles. The van der Waals surface area contributed by atoms with Crippen molar-refractivity contribution in [1.29, 1.82) is 0 Å². The van der Waals surface area contributed by atoms with E-state index in [-0.39, 0.29) is 6.10 Å². The monoisotopic (exact) mass is 199 g/mol. The Kier molecular flexibility index (Phi) is 3.42. The molecule has 0 aromatic carbocycles. The van der Waals surface area contributed by atoms with E-state index in [9.17, 15) is 5.11 Å². The summed E-state index contributed by atoms with van der Waals surface area (Å²) in [7, 11) is 0. The number of nitrogens with one attached hydrogen (secondary N) is 1. The van der Waals surface area contributed by atoms with Gasteiger partial charge in [-0.25, -0.2) is 0 Å². The van der Waals surface area contributed by atoms with Crippen LogP contribution >= 0.6 is 0 Å². The molecular formula is C11H21NO2. The quantitative estimate of drug-likeness (QED) is 0.659. The van der Waals surface area contributed by atoms with Gasteiger partial charge in [-0.3, -0.25) is 0 Å². The number of aliphatic hydroxyl groups excluding tert-OH is 1. The molecule has 2 heterocycles. The second-order valence-corrected chi connectivity index (χ2v) is 4.70. The summed E-state index contributed by atoms with van der Waals surface area (Å²) >= 11 is 0. The zero-order valence-electron chi connectivity index (χ0n) is 8.91. The van der Waals surface area contributed by atoms with E-state index >= 15 is 0 Å². The highest BCUT2D eigenvalue weighted by molar-refractivity contribution is 4.88. The largest absolute Gasteiger partial charge is 0.393 e. The first-order valence-corrected chi connectivity index (χ1v) is 5.79. The van der Waals surface area contributed by atoms with E-state index in [1.807, 2.05) is 0 Å². The van der Waals surface area contributed by atoms with Crippen LogP contribution in [0.2, 0.25) is 0 Å². The van der Waals surface area contributed by atoms with Gasteiger partial charge in [-0.05, 0) is 26.2 Å². The third-order valence-corrected chi connectivity index (χ3v) is 3.53. The summed E-state index contributed by atoms with van der Waals surface area (Å²) in [4.78, 5) is 0. The van der Waals surface area contributed by atoms with Gasteiger partial charge in [-0.2, -0.15) is 0 Å². The van der Waals surface area contributed by atoms with Crippen molar-refractivity contribution < 1.29 is 9.84 Å². The molecule has 2 N–H and O–H groups in total. The Balaban J connectivity index is 1.91. The Bertz CT molecular complexity index is 186. The fourth-order valence-electron chi connectivity index (χ4n) is 2.65. The maximum absolute atomic E-state index is 9.89. The van der Waals surface area contributed by atoms with Gasteiger partial charge in [0.1, 0.15) is 0 Å². The zero-order valence-corrected chi connectivity index (χ0v) is 8.91. The Hall–Kier alpha value is -0.120. The van der Waals surface area contributed by atoms with Gasteiger partial charge in [-0.1, -0.05) is 6.42 Å². The molecule has 0 bridgehead atoms. The van der Waals surface area contributed by atoms with Crippen LogP contribution in [0.5, 0.6) is 0 Å². The summed E-state index contributed by atoms with van der Waals surface area (Å²) in [6, 6.07) is 1.07. The Morgan fingerprint density at radius 1 is 1.29 bits per heavy atom. The molecule has 2 fully saturated rings. The zero-order chi connectivity index (χ0) is 9.97. The fraction of sp³-hybridized carbons (Fsp3) is 1.00. The van der Waals surface area contributed by atoms with Gasteiger partial charge in [0.05, 0.1) is 12.7 Å². The van der Waals surface area contributed by atoms with Crippen molar-refractivity contribution >= 4 is 0 Å². The van der Waals surface area contributed by atoms with E-state index in [0.717, 1.165) is 19.6 Å². The molecule has 3 nitrogen and oxygen atoms in total.